The van der Waals surface area contributed by atoms with Crippen LogP contribution < -0.4 is 4.90 Å². The molecule has 282 valence electrons. The Morgan fingerprint density at radius 2 is 1.02 bits per heavy atom. The summed E-state index contributed by atoms with van der Waals surface area (Å²) in [5.74, 6) is 2.27. The largest absolute Gasteiger partial charge is 0.314 e. The second-order valence-corrected chi connectivity index (χ2v) is 16.4. The predicted octanol–water partition coefficient (Wildman–Crippen LogP) is 13.3. The highest BCUT2D eigenvalue weighted by molar-refractivity contribution is 5.85. The molecule has 2 atom stereocenters. The second kappa shape index (κ2) is 14.0. The highest BCUT2D eigenvalue weighted by atomic mass is 15.2. The summed E-state index contributed by atoms with van der Waals surface area (Å²) in [6, 6.07) is 65.2. The van der Waals surface area contributed by atoms with Crippen molar-refractivity contribution in [2.75, 3.05) is 4.90 Å². The summed E-state index contributed by atoms with van der Waals surface area (Å²) in [6.07, 6.45) is 5.52. The monoisotopic (exact) mass is 758 g/mol. The van der Waals surface area contributed by atoms with Crippen molar-refractivity contribution in [2.45, 2.75) is 31.6 Å². The Morgan fingerprint density at radius 3 is 1.71 bits per heavy atom. The Bertz CT molecular complexity index is 2870. The van der Waals surface area contributed by atoms with Gasteiger partial charge in [0, 0.05) is 51.0 Å². The molecule has 59 heavy (non-hydrogen) atoms. The maximum Gasteiger partial charge on any atom is 0.164 e. The van der Waals surface area contributed by atoms with Crippen LogP contribution in [0.15, 0.2) is 200 Å². The van der Waals surface area contributed by atoms with Gasteiger partial charge in [0.25, 0.3) is 0 Å². The van der Waals surface area contributed by atoms with Gasteiger partial charge in [0.05, 0.1) is 0 Å². The first-order chi connectivity index (χ1) is 29.0. The first kappa shape index (κ1) is 35.0. The van der Waals surface area contributed by atoms with Crippen LogP contribution in [0.3, 0.4) is 0 Å². The van der Waals surface area contributed by atoms with Crippen molar-refractivity contribution >= 4 is 16.9 Å². The van der Waals surface area contributed by atoms with E-state index >= 15 is 0 Å². The summed E-state index contributed by atoms with van der Waals surface area (Å²) >= 11 is 0. The van der Waals surface area contributed by atoms with Gasteiger partial charge in [-0.15, -0.1) is 0 Å². The van der Waals surface area contributed by atoms with Gasteiger partial charge in [-0.05, 0) is 81.3 Å². The number of benzene rings is 7. The van der Waals surface area contributed by atoms with Gasteiger partial charge in [-0.25, -0.2) is 15.0 Å². The molecule has 1 heterocycles. The van der Waals surface area contributed by atoms with Gasteiger partial charge in [-0.1, -0.05) is 178 Å². The van der Waals surface area contributed by atoms with Crippen molar-refractivity contribution in [2.24, 2.45) is 5.92 Å². The highest BCUT2D eigenvalue weighted by Crippen LogP contribution is 2.55. The Hall–Kier alpha value is -7.17. The average Bonchev–Trinajstić information content (AvgIpc) is 3.80. The van der Waals surface area contributed by atoms with Crippen LogP contribution in [-0.2, 0) is 11.8 Å². The minimum Gasteiger partial charge on any atom is -0.314 e. The molecular formula is C55H42N4. The molecule has 2 unspecified atom stereocenters. The number of hydrogen-bond donors (Lipinski definition) is 0. The van der Waals surface area contributed by atoms with Crippen molar-refractivity contribution in [3.8, 4) is 45.0 Å². The van der Waals surface area contributed by atoms with E-state index in [0.717, 1.165) is 40.3 Å². The fourth-order valence-corrected chi connectivity index (χ4v) is 9.76. The Balaban J connectivity index is 1.11. The van der Waals surface area contributed by atoms with Crippen molar-refractivity contribution < 1.29 is 0 Å². The number of aromatic nitrogens is 3. The van der Waals surface area contributed by atoms with Crippen LogP contribution in [0.25, 0.3) is 50.6 Å². The van der Waals surface area contributed by atoms with E-state index in [2.05, 4.69) is 176 Å². The second-order valence-electron chi connectivity index (χ2n) is 16.4. The van der Waals surface area contributed by atoms with Crippen molar-refractivity contribution in [3.05, 3.63) is 228 Å². The standard InChI is InChI=1S/C55H42N4/c1-55(2)48-25-15-14-24-44(48)45-31-30-42(35-49(45)55)59(41-28-26-37(27-29-41)36-16-6-3-7-17-36)50-33-32-46(47-34-40-22-12-13-23-43(40)51(47)50)54-57-52(38-18-8-4-9-19-38)56-53(58-54)39-20-10-5-11-21-39/h3-33,35,47,51H,34H2,1-2H3. The Morgan fingerprint density at radius 1 is 0.475 bits per heavy atom. The molecule has 1 aromatic heterocycles. The highest BCUT2D eigenvalue weighted by Gasteiger charge is 2.43. The fraction of sp³-hybridized carbons (Fsp3) is 0.109. The van der Waals surface area contributed by atoms with Crippen LogP contribution in [0.5, 0.6) is 0 Å². The molecule has 0 amide bonds. The summed E-state index contributed by atoms with van der Waals surface area (Å²) in [4.78, 5) is 18.0. The topological polar surface area (TPSA) is 41.9 Å². The molecule has 3 aliphatic rings. The van der Waals surface area contributed by atoms with Crippen molar-refractivity contribution in [3.63, 3.8) is 0 Å². The molecule has 0 radical (unpaired) electrons. The van der Waals surface area contributed by atoms with Crippen molar-refractivity contribution in [1.82, 2.24) is 15.0 Å². The lowest BCUT2D eigenvalue weighted by Crippen LogP contribution is -2.28. The van der Waals surface area contributed by atoms with Gasteiger partial charge in [-0.2, -0.15) is 0 Å². The normalized spacial score (nSPS) is 16.9. The lowest BCUT2D eigenvalue weighted by molar-refractivity contribution is 0.608. The van der Waals surface area contributed by atoms with Crippen LogP contribution in [0.1, 0.15) is 47.8 Å². The summed E-state index contributed by atoms with van der Waals surface area (Å²) in [5.41, 5.74) is 17.0. The lowest BCUT2D eigenvalue weighted by atomic mass is 9.79. The molecule has 7 aromatic carbocycles. The van der Waals surface area contributed by atoms with Crippen molar-refractivity contribution in [1.29, 1.82) is 0 Å². The molecule has 8 aromatic rings. The third-order valence-corrected chi connectivity index (χ3v) is 12.7. The molecule has 11 rings (SSSR count). The number of anilines is 2. The van der Waals surface area contributed by atoms with E-state index in [1.165, 1.54) is 50.2 Å². The fourth-order valence-electron chi connectivity index (χ4n) is 9.76. The number of fused-ring (bicyclic) bond motifs is 6. The number of hydrogen-bond acceptors (Lipinski definition) is 4. The third-order valence-electron chi connectivity index (χ3n) is 12.7. The first-order valence-corrected chi connectivity index (χ1v) is 20.6. The van der Waals surface area contributed by atoms with Gasteiger partial charge in [-0.3, -0.25) is 0 Å². The maximum atomic E-state index is 5.24. The molecule has 0 bridgehead atoms. The lowest BCUT2D eigenvalue weighted by Gasteiger charge is -2.37. The van der Waals surface area contributed by atoms with E-state index in [4.69, 9.17) is 15.0 Å². The quantitative estimate of drug-likeness (QED) is 0.162. The van der Waals surface area contributed by atoms with Gasteiger partial charge in [0.15, 0.2) is 17.5 Å². The zero-order valence-electron chi connectivity index (χ0n) is 33.1. The molecular weight excluding hydrogens is 717 g/mol. The summed E-state index contributed by atoms with van der Waals surface area (Å²) < 4.78 is 0. The number of nitrogens with zero attached hydrogens (tertiary/aromatic N) is 4. The van der Waals surface area contributed by atoms with Gasteiger partial charge in [0.1, 0.15) is 0 Å². The van der Waals surface area contributed by atoms with E-state index in [-0.39, 0.29) is 17.3 Å². The zero-order chi connectivity index (χ0) is 39.5. The number of allylic oxidation sites excluding steroid dienone is 4. The molecule has 0 aliphatic heterocycles. The molecule has 4 heteroatoms. The van der Waals surface area contributed by atoms with E-state index in [9.17, 15) is 0 Å². The van der Waals surface area contributed by atoms with Crippen LogP contribution in [-0.4, -0.2) is 15.0 Å². The minimum absolute atomic E-state index is 0.0653. The van der Waals surface area contributed by atoms with E-state index in [0.29, 0.717) is 11.6 Å². The van der Waals surface area contributed by atoms with Crippen LogP contribution in [0.4, 0.5) is 11.4 Å². The number of rotatable bonds is 7. The van der Waals surface area contributed by atoms with Crippen LogP contribution in [0.2, 0.25) is 0 Å². The molecule has 0 N–H and O–H groups in total. The first-order valence-electron chi connectivity index (χ1n) is 20.6. The van der Waals surface area contributed by atoms with E-state index in [1.54, 1.807) is 0 Å². The molecule has 0 spiro atoms. The molecule has 0 saturated carbocycles. The summed E-state index contributed by atoms with van der Waals surface area (Å²) in [6.45, 7) is 4.72. The predicted molar refractivity (Wildman–Crippen MR) is 241 cm³/mol. The average molecular weight is 759 g/mol. The molecule has 0 fully saturated rings. The zero-order valence-corrected chi connectivity index (χ0v) is 33.1. The summed E-state index contributed by atoms with van der Waals surface area (Å²) in [7, 11) is 0. The maximum absolute atomic E-state index is 5.24. The third kappa shape index (κ3) is 5.94. The smallest absolute Gasteiger partial charge is 0.164 e. The summed E-state index contributed by atoms with van der Waals surface area (Å²) in [5, 5.41) is 0. The Kier molecular flexibility index (Phi) is 8.33. The Labute approximate surface area is 346 Å². The van der Waals surface area contributed by atoms with Gasteiger partial charge < -0.3 is 4.90 Å². The van der Waals surface area contributed by atoms with E-state index in [1.807, 2.05) is 36.4 Å². The minimum atomic E-state index is -0.132. The van der Waals surface area contributed by atoms with E-state index < -0.39 is 0 Å². The molecule has 3 aliphatic carbocycles. The van der Waals surface area contributed by atoms with Crippen LogP contribution in [0, 0.1) is 5.92 Å². The van der Waals surface area contributed by atoms with Crippen LogP contribution >= 0.6 is 0 Å². The van der Waals surface area contributed by atoms with Gasteiger partial charge >= 0.3 is 0 Å². The SMILES string of the molecule is CC1(C)c2ccccc2-c2ccc(N(C3=CC=C(c4nc(-c5ccccc5)nc(-c5ccccc5)n4)C4Cc5ccccc5C34)c3ccc(-c4ccccc4)cc3)cc21. The molecule has 0 saturated heterocycles. The van der Waals surface area contributed by atoms with Gasteiger partial charge in [0.2, 0.25) is 0 Å². The molecule has 4 nitrogen and oxygen atoms in total.